The predicted octanol–water partition coefficient (Wildman–Crippen LogP) is 14.2. The van der Waals surface area contributed by atoms with Crippen molar-refractivity contribution in [3.05, 3.63) is 209 Å². The maximum atomic E-state index is 2.54. The van der Waals surface area contributed by atoms with E-state index in [-0.39, 0.29) is 16.7 Å². The van der Waals surface area contributed by atoms with E-state index in [0.717, 1.165) is 0 Å². The fourth-order valence-electron chi connectivity index (χ4n) is 10.9. The zero-order valence-corrected chi connectivity index (χ0v) is 32.2. The van der Waals surface area contributed by atoms with Crippen LogP contribution in [-0.2, 0) is 10.8 Å². The lowest BCUT2D eigenvalue weighted by Gasteiger charge is -2.23. The zero-order chi connectivity index (χ0) is 37.5. The summed E-state index contributed by atoms with van der Waals surface area (Å²) in [4.78, 5) is 0. The van der Waals surface area contributed by atoms with Crippen LogP contribution in [0, 0.1) is 0 Å². The molecular formula is C55H41N. The fourth-order valence-corrected chi connectivity index (χ4v) is 10.9. The summed E-state index contributed by atoms with van der Waals surface area (Å²) >= 11 is 0. The quantitative estimate of drug-likeness (QED) is 0.172. The minimum Gasteiger partial charge on any atom is -0.309 e. The van der Waals surface area contributed by atoms with Gasteiger partial charge in [0.2, 0.25) is 0 Å². The third kappa shape index (κ3) is 4.15. The summed E-state index contributed by atoms with van der Waals surface area (Å²) in [5, 5.41) is 2.59. The van der Waals surface area contributed by atoms with E-state index in [1.54, 1.807) is 0 Å². The lowest BCUT2D eigenvalue weighted by molar-refractivity contribution is 0.660. The highest BCUT2D eigenvalue weighted by Crippen LogP contribution is 2.56. The fraction of sp³-hybridized carbons (Fsp3) is 0.127. The van der Waals surface area contributed by atoms with E-state index < -0.39 is 0 Å². The molecule has 1 nitrogen and oxygen atoms in total. The molecule has 0 saturated carbocycles. The molecule has 0 radical (unpaired) electrons. The molecule has 0 fully saturated rings. The van der Waals surface area contributed by atoms with Crippen molar-refractivity contribution in [2.75, 3.05) is 0 Å². The zero-order valence-electron chi connectivity index (χ0n) is 32.2. The second-order valence-electron chi connectivity index (χ2n) is 17.3. The lowest BCUT2D eigenvalue weighted by Crippen LogP contribution is -2.15. The number of nitrogens with zero attached hydrogens (tertiary/aromatic N) is 1. The van der Waals surface area contributed by atoms with Crippen LogP contribution in [-0.4, -0.2) is 4.57 Å². The Morgan fingerprint density at radius 2 is 0.982 bits per heavy atom. The van der Waals surface area contributed by atoms with Gasteiger partial charge in [-0.05, 0) is 126 Å². The molecule has 9 aromatic rings. The second kappa shape index (κ2) is 11.1. The van der Waals surface area contributed by atoms with Gasteiger partial charge >= 0.3 is 0 Å². The Morgan fingerprint density at radius 1 is 0.375 bits per heavy atom. The van der Waals surface area contributed by atoms with Gasteiger partial charge in [-0.2, -0.15) is 0 Å². The lowest BCUT2D eigenvalue weighted by atomic mass is 9.81. The van der Waals surface area contributed by atoms with Crippen LogP contribution in [0.25, 0.3) is 72.0 Å². The molecule has 0 amide bonds. The molecule has 0 N–H and O–H groups in total. The third-order valence-corrected chi connectivity index (χ3v) is 13.6. The minimum atomic E-state index is -0.0666. The SMILES string of the molecule is CC1(C)c2ccccc2-c2cc3c(cc21)-c1ccccc1C3c1cc(-c2ccccc2)cc(-n2c3ccccc3c3cc4c(cc32)-c2ccccc2C4(C)C)c1. The van der Waals surface area contributed by atoms with Crippen molar-refractivity contribution >= 4 is 21.8 Å². The summed E-state index contributed by atoms with van der Waals surface area (Å²) in [6, 6.07) is 64.5. The predicted molar refractivity (Wildman–Crippen MR) is 234 cm³/mol. The normalized spacial score (nSPS) is 16.3. The Balaban J connectivity index is 1.14. The standard InChI is InChI=1S/C55H41N/c1-54(2)47-23-13-10-19-38(47)43-29-46-42(30-49(43)54)37-18-8-9-22-41(37)53(46)35-26-34(33-16-6-5-7-17-33)27-36(28-35)56-51-25-15-12-21-40(51)45-31-50-44(32-52(45)56)39-20-11-14-24-48(39)55(50,3)4/h5-32,53H,1-4H3. The van der Waals surface area contributed by atoms with Gasteiger partial charge in [0, 0.05) is 33.2 Å². The molecule has 1 aromatic heterocycles. The van der Waals surface area contributed by atoms with Crippen molar-refractivity contribution in [3.8, 4) is 50.2 Å². The molecule has 56 heavy (non-hydrogen) atoms. The number of rotatable bonds is 3. The monoisotopic (exact) mass is 715 g/mol. The maximum absolute atomic E-state index is 2.54. The van der Waals surface area contributed by atoms with Crippen LogP contribution < -0.4 is 0 Å². The number of hydrogen-bond acceptors (Lipinski definition) is 0. The second-order valence-corrected chi connectivity index (χ2v) is 17.3. The molecule has 1 atom stereocenters. The van der Waals surface area contributed by atoms with Gasteiger partial charge in [0.1, 0.15) is 0 Å². The topological polar surface area (TPSA) is 4.93 Å². The average molecular weight is 716 g/mol. The number of aromatic nitrogens is 1. The van der Waals surface area contributed by atoms with E-state index >= 15 is 0 Å². The van der Waals surface area contributed by atoms with Gasteiger partial charge in [-0.1, -0.05) is 155 Å². The minimum absolute atomic E-state index is 0.0547. The molecule has 1 heterocycles. The molecular weight excluding hydrogens is 675 g/mol. The Bertz CT molecular complexity index is 3130. The van der Waals surface area contributed by atoms with Crippen molar-refractivity contribution < 1.29 is 0 Å². The summed E-state index contributed by atoms with van der Waals surface area (Å²) in [6.45, 7) is 9.53. The molecule has 8 aromatic carbocycles. The molecule has 3 aliphatic carbocycles. The van der Waals surface area contributed by atoms with Gasteiger partial charge in [-0.25, -0.2) is 0 Å². The van der Waals surface area contributed by atoms with E-state index in [1.165, 1.54) is 111 Å². The molecule has 1 unspecified atom stereocenters. The molecule has 0 saturated heterocycles. The van der Waals surface area contributed by atoms with Crippen LogP contribution in [0.3, 0.4) is 0 Å². The van der Waals surface area contributed by atoms with Gasteiger partial charge in [0.25, 0.3) is 0 Å². The highest BCUT2D eigenvalue weighted by atomic mass is 15.0. The van der Waals surface area contributed by atoms with Gasteiger partial charge in [0.05, 0.1) is 11.0 Å². The molecule has 12 rings (SSSR count). The molecule has 0 spiro atoms. The van der Waals surface area contributed by atoms with Gasteiger partial charge in [0.15, 0.2) is 0 Å². The average Bonchev–Trinajstić information content (AvgIpc) is 3.88. The van der Waals surface area contributed by atoms with Crippen molar-refractivity contribution in [2.45, 2.75) is 44.4 Å². The van der Waals surface area contributed by atoms with Crippen molar-refractivity contribution in [3.63, 3.8) is 0 Å². The Hall–Kier alpha value is -6.44. The molecule has 3 aliphatic rings. The van der Waals surface area contributed by atoms with Gasteiger partial charge in [-0.3, -0.25) is 0 Å². The van der Waals surface area contributed by atoms with Crippen LogP contribution in [0.5, 0.6) is 0 Å². The van der Waals surface area contributed by atoms with Gasteiger partial charge < -0.3 is 4.57 Å². The van der Waals surface area contributed by atoms with Crippen LogP contribution in [0.1, 0.15) is 72.6 Å². The van der Waals surface area contributed by atoms with E-state index in [1.807, 2.05) is 0 Å². The summed E-state index contributed by atoms with van der Waals surface area (Å²) in [7, 11) is 0. The van der Waals surface area contributed by atoms with Crippen molar-refractivity contribution in [1.82, 2.24) is 4.57 Å². The Kier molecular flexibility index (Phi) is 6.31. The van der Waals surface area contributed by atoms with E-state index in [9.17, 15) is 0 Å². The Labute approximate surface area is 328 Å². The van der Waals surface area contributed by atoms with E-state index in [4.69, 9.17) is 0 Å². The summed E-state index contributed by atoms with van der Waals surface area (Å²) < 4.78 is 2.54. The highest BCUT2D eigenvalue weighted by molar-refractivity contribution is 6.11. The molecule has 1 heteroatoms. The highest BCUT2D eigenvalue weighted by Gasteiger charge is 2.40. The smallest absolute Gasteiger partial charge is 0.0547 e. The Morgan fingerprint density at radius 3 is 1.73 bits per heavy atom. The molecule has 0 bridgehead atoms. The first-order chi connectivity index (χ1) is 27.3. The molecule has 0 aliphatic heterocycles. The van der Waals surface area contributed by atoms with E-state index in [2.05, 4.69) is 202 Å². The summed E-state index contributed by atoms with van der Waals surface area (Å²) in [6.07, 6.45) is 0. The maximum Gasteiger partial charge on any atom is 0.0547 e. The van der Waals surface area contributed by atoms with Crippen LogP contribution in [0.15, 0.2) is 170 Å². The number of hydrogen-bond donors (Lipinski definition) is 0. The van der Waals surface area contributed by atoms with Crippen molar-refractivity contribution in [2.24, 2.45) is 0 Å². The first-order valence-electron chi connectivity index (χ1n) is 20.0. The third-order valence-electron chi connectivity index (χ3n) is 13.6. The van der Waals surface area contributed by atoms with Crippen LogP contribution in [0.4, 0.5) is 0 Å². The largest absolute Gasteiger partial charge is 0.309 e. The number of benzene rings is 8. The number of fused-ring (bicyclic) bond motifs is 12. The summed E-state index contributed by atoms with van der Waals surface area (Å²) in [5.74, 6) is 0.0924. The number of para-hydroxylation sites is 1. The van der Waals surface area contributed by atoms with E-state index in [0.29, 0.717) is 0 Å². The van der Waals surface area contributed by atoms with Crippen LogP contribution >= 0.6 is 0 Å². The van der Waals surface area contributed by atoms with Crippen molar-refractivity contribution in [1.29, 1.82) is 0 Å². The van der Waals surface area contributed by atoms with Crippen LogP contribution in [0.2, 0.25) is 0 Å². The van der Waals surface area contributed by atoms with Gasteiger partial charge in [-0.15, -0.1) is 0 Å². The first-order valence-corrected chi connectivity index (χ1v) is 20.0. The summed E-state index contributed by atoms with van der Waals surface area (Å²) in [5.41, 5.74) is 23.9. The molecule has 266 valence electrons. The first kappa shape index (κ1) is 31.9.